The highest BCUT2D eigenvalue weighted by Crippen LogP contribution is 2.22. The molecule has 2 aromatic carbocycles. The van der Waals surface area contributed by atoms with Crippen LogP contribution in [-0.4, -0.2) is 22.6 Å². The van der Waals surface area contributed by atoms with Crippen molar-refractivity contribution in [3.05, 3.63) is 60.0 Å². The number of ether oxygens (including phenoxy) is 2. The van der Waals surface area contributed by atoms with Gasteiger partial charge in [0.15, 0.2) is 12.4 Å². The summed E-state index contributed by atoms with van der Waals surface area (Å²) in [5.41, 5.74) is 1.41. The number of carbonyl (C=O) groups is 1. The van der Waals surface area contributed by atoms with Crippen molar-refractivity contribution in [3.63, 3.8) is 0 Å². The van der Waals surface area contributed by atoms with Gasteiger partial charge in [-0.1, -0.05) is 25.5 Å². The number of hydrogen-bond donors (Lipinski definition) is 0. The number of ketones is 1. The molecule has 6 nitrogen and oxygen atoms in total. The Morgan fingerprint density at radius 3 is 2.59 bits per heavy atom. The average Bonchev–Trinajstić information content (AvgIpc) is 3.16. The van der Waals surface area contributed by atoms with Crippen LogP contribution in [0.3, 0.4) is 0 Å². The summed E-state index contributed by atoms with van der Waals surface area (Å²) >= 11 is 0. The normalized spacial score (nSPS) is 10.6. The quantitative estimate of drug-likeness (QED) is 0.404. The molecule has 140 valence electrons. The van der Waals surface area contributed by atoms with Gasteiger partial charge in [0, 0.05) is 11.1 Å². The molecule has 0 aliphatic rings. The summed E-state index contributed by atoms with van der Waals surface area (Å²) in [6, 6.07) is 14.5. The van der Waals surface area contributed by atoms with Crippen molar-refractivity contribution in [2.45, 2.75) is 33.3 Å². The van der Waals surface area contributed by atoms with Gasteiger partial charge in [0.25, 0.3) is 5.89 Å². The second-order valence-electron chi connectivity index (χ2n) is 6.10. The van der Waals surface area contributed by atoms with Gasteiger partial charge >= 0.3 is 0 Å². The summed E-state index contributed by atoms with van der Waals surface area (Å²) < 4.78 is 16.9. The molecule has 0 fully saturated rings. The molecule has 0 N–H and O–H groups in total. The molecule has 0 bridgehead atoms. The van der Waals surface area contributed by atoms with Gasteiger partial charge in [-0.15, -0.1) is 10.2 Å². The largest absolute Gasteiger partial charge is 0.494 e. The highest BCUT2D eigenvalue weighted by molar-refractivity contribution is 5.94. The number of hydrogen-bond acceptors (Lipinski definition) is 6. The van der Waals surface area contributed by atoms with Crippen LogP contribution in [0.25, 0.3) is 11.5 Å². The van der Waals surface area contributed by atoms with Crippen LogP contribution in [0, 0.1) is 0 Å². The Labute approximate surface area is 158 Å². The third kappa shape index (κ3) is 5.17. The van der Waals surface area contributed by atoms with Gasteiger partial charge in [0.2, 0.25) is 5.89 Å². The predicted molar refractivity (Wildman–Crippen MR) is 101 cm³/mol. The summed E-state index contributed by atoms with van der Waals surface area (Å²) in [5, 5.41) is 8.07. The second-order valence-corrected chi connectivity index (χ2v) is 6.10. The SMILES string of the molecule is CCCCOc1ccc(-c2nnc(COc3cccc(C(C)=O)c3)o2)cc1. The Hall–Kier alpha value is -3.15. The number of benzene rings is 2. The number of Topliss-reactive ketones (excluding diaryl/α,β-unsaturated/α-hetero) is 1. The molecule has 27 heavy (non-hydrogen) atoms. The molecule has 0 radical (unpaired) electrons. The van der Waals surface area contributed by atoms with Crippen molar-refractivity contribution in [2.75, 3.05) is 6.61 Å². The van der Waals surface area contributed by atoms with Gasteiger partial charge in [-0.25, -0.2) is 0 Å². The van der Waals surface area contributed by atoms with Gasteiger partial charge in [-0.3, -0.25) is 4.79 Å². The maximum Gasteiger partial charge on any atom is 0.254 e. The van der Waals surface area contributed by atoms with Crippen LogP contribution in [0.5, 0.6) is 11.5 Å². The molecule has 3 rings (SSSR count). The van der Waals surface area contributed by atoms with Crippen molar-refractivity contribution in [2.24, 2.45) is 0 Å². The van der Waals surface area contributed by atoms with Crippen LogP contribution >= 0.6 is 0 Å². The highest BCUT2D eigenvalue weighted by atomic mass is 16.5. The van der Waals surface area contributed by atoms with Gasteiger partial charge in [-0.05, 0) is 49.7 Å². The van der Waals surface area contributed by atoms with E-state index in [1.54, 1.807) is 24.3 Å². The highest BCUT2D eigenvalue weighted by Gasteiger charge is 2.10. The molecule has 0 saturated heterocycles. The van der Waals surface area contributed by atoms with Crippen molar-refractivity contribution < 1.29 is 18.7 Å². The lowest BCUT2D eigenvalue weighted by atomic mass is 10.1. The zero-order chi connectivity index (χ0) is 19.1. The minimum atomic E-state index is -0.0114. The average molecular weight is 366 g/mol. The molecular formula is C21H22N2O4. The summed E-state index contributed by atoms with van der Waals surface area (Å²) in [7, 11) is 0. The Morgan fingerprint density at radius 1 is 1.04 bits per heavy atom. The van der Waals surface area contributed by atoms with E-state index in [0.29, 0.717) is 29.7 Å². The molecule has 0 unspecified atom stereocenters. The van der Waals surface area contributed by atoms with E-state index < -0.39 is 0 Å². The molecule has 0 spiro atoms. The molecule has 6 heteroatoms. The molecular weight excluding hydrogens is 344 g/mol. The predicted octanol–water partition coefficient (Wildman–Crippen LogP) is 4.70. The van der Waals surface area contributed by atoms with Crippen LogP contribution in [0.15, 0.2) is 52.9 Å². The zero-order valence-corrected chi connectivity index (χ0v) is 15.5. The number of nitrogens with zero attached hydrogens (tertiary/aromatic N) is 2. The Bertz CT molecular complexity index is 887. The van der Waals surface area contributed by atoms with E-state index in [1.807, 2.05) is 24.3 Å². The molecule has 0 aliphatic carbocycles. The van der Waals surface area contributed by atoms with E-state index in [4.69, 9.17) is 13.9 Å². The number of rotatable bonds is 9. The van der Waals surface area contributed by atoms with E-state index in [-0.39, 0.29) is 12.4 Å². The summed E-state index contributed by atoms with van der Waals surface area (Å²) in [6.45, 7) is 4.49. The lowest BCUT2D eigenvalue weighted by molar-refractivity contribution is 0.101. The fraction of sp³-hybridized carbons (Fsp3) is 0.286. The molecule has 0 atom stereocenters. The van der Waals surface area contributed by atoms with E-state index >= 15 is 0 Å². The van der Waals surface area contributed by atoms with E-state index in [9.17, 15) is 4.79 Å². The molecule has 0 saturated carbocycles. The van der Waals surface area contributed by atoms with Crippen molar-refractivity contribution in [1.82, 2.24) is 10.2 Å². The summed E-state index contributed by atoms with van der Waals surface area (Å²) in [6.07, 6.45) is 2.13. The fourth-order valence-corrected chi connectivity index (χ4v) is 2.41. The van der Waals surface area contributed by atoms with Crippen LogP contribution in [0.2, 0.25) is 0 Å². The summed E-state index contributed by atoms with van der Waals surface area (Å²) in [4.78, 5) is 11.4. The number of unbranched alkanes of at least 4 members (excludes halogenated alkanes) is 1. The minimum Gasteiger partial charge on any atom is -0.494 e. The Morgan fingerprint density at radius 2 is 1.85 bits per heavy atom. The minimum absolute atomic E-state index is 0.0114. The van der Waals surface area contributed by atoms with E-state index in [1.165, 1.54) is 6.92 Å². The topological polar surface area (TPSA) is 74.5 Å². The number of aromatic nitrogens is 2. The van der Waals surface area contributed by atoms with Crippen molar-refractivity contribution >= 4 is 5.78 Å². The summed E-state index contributed by atoms with van der Waals surface area (Å²) in [5.74, 6) is 2.17. The standard InChI is InChI=1S/C21H22N2O4/c1-3-4-12-25-18-10-8-16(9-11-18)21-23-22-20(27-21)14-26-19-7-5-6-17(13-19)15(2)24/h5-11,13H,3-4,12,14H2,1-2H3. The monoisotopic (exact) mass is 366 g/mol. The smallest absolute Gasteiger partial charge is 0.254 e. The van der Waals surface area contributed by atoms with Gasteiger partial charge in [0.1, 0.15) is 11.5 Å². The van der Waals surface area contributed by atoms with Crippen LogP contribution in [-0.2, 0) is 6.61 Å². The molecule has 3 aromatic rings. The fourth-order valence-electron chi connectivity index (χ4n) is 2.41. The first-order valence-corrected chi connectivity index (χ1v) is 8.95. The third-order valence-electron chi connectivity index (χ3n) is 3.94. The first-order valence-electron chi connectivity index (χ1n) is 8.95. The van der Waals surface area contributed by atoms with Crippen LogP contribution in [0.1, 0.15) is 42.9 Å². The van der Waals surface area contributed by atoms with E-state index in [0.717, 1.165) is 24.2 Å². The Kier molecular flexibility index (Phi) is 6.20. The molecule has 0 amide bonds. The molecule has 1 heterocycles. The van der Waals surface area contributed by atoms with Crippen LogP contribution < -0.4 is 9.47 Å². The van der Waals surface area contributed by atoms with E-state index in [2.05, 4.69) is 17.1 Å². The van der Waals surface area contributed by atoms with Crippen molar-refractivity contribution in [1.29, 1.82) is 0 Å². The first kappa shape index (κ1) is 18.6. The Balaban J connectivity index is 1.59. The maximum absolute atomic E-state index is 11.4. The van der Waals surface area contributed by atoms with Crippen LogP contribution in [0.4, 0.5) is 0 Å². The second kappa shape index (κ2) is 8.98. The third-order valence-corrected chi connectivity index (χ3v) is 3.94. The van der Waals surface area contributed by atoms with Gasteiger partial charge < -0.3 is 13.9 Å². The lowest BCUT2D eigenvalue weighted by Crippen LogP contribution is -1.98. The molecule has 0 aliphatic heterocycles. The first-order chi connectivity index (χ1) is 13.2. The van der Waals surface area contributed by atoms with Gasteiger partial charge in [0.05, 0.1) is 6.61 Å². The lowest BCUT2D eigenvalue weighted by Gasteiger charge is -2.05. The van der Waals surface area contributed by atoms with Crippen molar-refractivity contribution in [3.8, 4) is 23.0 Å². The van der Waals surface area contributed by atoms with Gasteiger partial charge in [-0.2, -0.15) is 0 Å². The maximum atomic E-state index is 11.4. The zero-order valence-electron chi connectivity index (χ0n) is 15.5. The number of carbonyl (C=O) groups excluding carboxylic acids is 1. The molecule has 1 aromatic heterocycles.